The molecule has 0 bridgehead atoms. The largest absolute Gasteiger partial charge is 0.382 e. The van der Waals surface area contributed by atoms with Crippen LogP contribution in [0.1, 0.15) is 34.9 Å². The molecule has 2 N–H and O–H groups in total. The summed E-state index contributed by atoms with van der Waals surface area (Å²) >= 11 is 1.56. The number of thiazole rings is 1. The molecule has 1 amide bonds. The van der Waals surface area contributed by atoms with Crippen molar-refractivity contribution in [2.24, 2.45) is 0 Å². The van der Waals surface area contributed by atoms with E-state index in [-0.39, 0.29) is 11.9 Å². The predicted molar refractivity (Wildman–Crippen MR) is 83.2 cm³/mol. The quantitative estimate of drug-likeness (QED) is 0.888. The van der Waals surface area contributed by atoms with Gasteiger partial charge in [-0.15, -0.1) is 11.3 Å². The lowest BCUT2D eigenvalue weighted by atomic mass is 10.1. The normalized spacial score (nSPS) is 10.6. The molecule has 0 saturated carbocycles. The highest BCUT2D eigenvalue weighted by molar-refractivity contribution is 7.09. The van der Waals surface area contributed by atoms with Crippen LogP contribution in [0.3, 0.4) is 0 Å². The molecule has 106 valence electrons. The second kappa shape index (κ2) is 6.52. The van der Waals surface area contributed by atoms with Crippen LogP contribution in [0.4, 0.5) is 5.69 Å². The Labute approximate surface area is 123 Å². The lowest BCUT2D eigenvalue weighted by Crippen LogP contribution is -2.24. The zero-order chi connectivity index (χ0) is 14.5. The van der Waals surface area contributed by atoms with E-state index in [2.05, 4.69) is 15.6 Å². The number of aryl methyl sites for hydroxylation is 1. The van der Waals surface area contributed by atoms with Gasteiger partial charge in [-0.1, -0.05) is 12.1 Å². The number of hydrogen-bond donors (Lipinski definition) is 2. The molecule has 0 aliphatic rings. The van der Waals surface area contributed by atoms with Crippen molar-refractivity contribution >= 4 is 22.9 Å². The van der Waals surface area contributed by atoms with Crippen LogP contribution in [0.5, 0.6) is 0 Å². The number of para-hydroxylation sites is 1. The molecular formula is C15H19N3OS. The molecule has 0 atom stereocenters. The summed E-state index contributed by atoms with van der Waals surface area (Å²) in [6.07, 6.45) is 0. The number of hydrogen-bond acceptors (Lipinski definition) is 4. The van der Waals surface area contributed by atoms with E-state index < -0.39 is 0 Å². The number of anilines is 1. The van der Waals surface area contributed by atoms with Gasteiger partial charge in [-0.05, 0) is 32.9 Å². The maximum Gasteiger partial charge on any atom is 0.253 e. The summed E-state index contributed by atoms with van der Waals surface area (Å²) in [6, 6.07) is 7.82. The molecule has 0 aliphatic carbocycles. The van der Waals surface area contributed by atoms with Crippen molar-refractivity contribution in [1.82, 2.24) is 10.3 Å². The van der Waals surface area contributed by atoms with Crippen molar-refractivity contribution in [3.05, 3.63) is 45.9 Å². The molecule has 1 aromatic heterocycles. The standard InChI is InChI=1S/C15H19N3OS/c1-10(2)17-13-7-5-4-6-12(13)15(19)16-8-14-18-11(3)9-20-14/h4-7,9-10,17H,8H2,1-3H3,(H,16,19). The maximum atomic E-state index is 12.3. The number of nitrogens with zero attached hydrogens (tertiary/aromatic N) is 1. The highest BCUT2D eigenvalue weighted by atomic mass is 32.1. The van der Waals surface area contributed by atoms with Crippen LogP contribution < -0.4 is 10.6 Å². The third kappa shape index (κ3) is 3.81. The number of amides is 1. The summed E-state index contributed by atoms with van der Waals surface area (Å²) in [7, 11) is 0. The SMILES string of the molecule is Cc1csc(CNC(=O)c2ccccc2NC(C)C)n1. The van der Waals surface area contributed by atoms with Gasteiger partial charge in [0.05, 0.1) is 12.1 Å². The van der Waals surface area contributed by atoms with Crippen molar-refractivity contribution in [2.75, 3.05) is 5.32 Å². The van der Waals surface area contributed by atoms with Crippen molar-refractivity contribution in [3.63, 3.8) is 0 Å². The minimum Gasteiger partial charge on any atom is -0.382 e. The van der Waals surface area contributed by atoms with Crippen LogP contribution in [0.25, 0.3) is 0 Å². The fourth-order valence-corrected chi connectivity index (χ4v) is 2.56. The second-order valence-corrected chi connectivity index (χ2v) is 5.85. The Kier molecular flexibility index (Phi) is 4.74. The fraction of sp³-hybridized carbons (Fsp3) is 0.333. The predicted octanol–water partition coefficient (Wildman–Crippen LogP) is 3.20. The minimum absolute atomic E-state index is 0.0818. The first-order valence-corrected chi connectivity index (χ1v) is 7.49. The Hall–Kier alpha value is -1.88. The monoisotopic (exact) mass is 289 g/mol. The van der Waals surface area contributed by atoms with E-state index in [1.807, 2.05) is 50.4 Å². The summed E-state index contributed by atoms with van der Waals surface area (Å²) in [6.45, 7) is 6.51. The van der Waals surface area contributed by atoms with Crippen LogP contribution in [0, 0.1) is 6.92 Å². The molecule has 1 aromatic carbocycles. The Morgan fingerprint density at radius 3 is 2.75 bits per heavy atom. The molecule has 0 radical (unpaired) electrons. The van der Waals surface area contributed by atoms with Crippen molar-refractivity contribution in [1.29, 1.82) is 0 Å². The van der Waals surface area contributed by atoms with E-state index in [0.29, 0.717) is 12.1 Å². The van der Waals surface area contributed by atoms with Crippen molar-refractivity contribution in [3.8, 4) is 0 Å². The average molecular weight is 289 g/mol. The van der Waals surface area contributed by atoms with Crippen LogP contribution in [0.2, 0.25) is 0 Å². The van der Waals surface area contributed by atoms with E-state index in [1.54, 1.807) is 11.3 Å². The molecule has 2 rings (SSSR count). The summed E-state index contributed by atoms with van der Waals surface area (Å²) in [5.41, 5.74) is 2.51. The lowest BCUT2D eigenvalue weighted by Gasteiger charge is -2.14. The first kappa shape index (κ1) is 14.5. The number of benzene rings is 1. The van der Waals surface area contributed by atoms with Crippen LogP contribution in [-0.2, 0) is 6.54 Å². The summed E-state index contributed by atoms with van der Waals surface area (Å²) in [4.78, 5) is 16.6. The second-order valence-electron chi connectivity index (χ2n) is 4.91. The Bertz CT molecular complexity index is 592. The highest BCUT2D eigenvalue weighted by Crippen LogP contribution is 2.16. The molecule has 2 aromatic rings. The lowest BCUT2D eigenvalue weighted by molar-refractivity contribution is 0.0951. The number of aromatic nitrogens is 1. The maximum absolute atomic E-state index is 12.3. The molecule has 5 heteroatoms. The summed E-state index contributed by atoms with van der Waals surface area (Å²) < 4.78 is 0. The van der Waals surface area contributed by atoms with E-state index in [4.69, 9.17) is 0 Å². The molecule has 20 heavy (non-hydrogen) atoms. The van der Waals surface area contributed by atoms with Gasteiger partial charge in [0.2, 0.25) is 0 Å². The molecule has 1 heterocycles. The smallest absolute Gasteiger partial charge is 0.253 e. The van der Waals surface area contributed by atoms with Gasteiger partial charge in [0, 0.05) is 22.8 Å². The molecule has 0 saturated heterocycles. The van der Waals surface area contributed by atoms with Gasteiger partial charge in [-0.2, -0.15) is 0 Å². The summed E-state index contributed by atoms with van der Waals surface area (Å²) in [5, 5.41) is 9.10. The third-order valence-electron chi connectivity index (χ3n) is 2.68. The van der Waals surface area contributed by atoms with Gasteiger partial charge in [0.25, 0.3) is 5.91 Å². The Morgan fingerprint density at radius 1 is 1.35 bits per heavy atom. The Morgan fingerprint density at radius 2 is 2.10 bits per heavy atom. The van der Waals surface area contributed by atoms with Gasteiger partial charge >= 0.3 is 0 Å². The first-order valence-electron chi connectivity index (χ1n) is 6.61. The van der Waals surface area contributed by atoms with Gasteiger partial charge in [-0.25, -0.2) is 4.98 Å². The number of carbonyl (C=O) groups excluding carboxylic acids is 1. The van der Waals surface area contributed by atoms with Crippen LogP contribution in [0.15, 0.2) is 29.6 Å². The molecule has 0 aliphatic heterocycles. The third-order valence-corrected chi connectivity index (χ3v) is 3.65. The summed E-state index contributed by atoms with van der Waals surface area (Å²) in [5.74, 6) is -0.0818. The van der Waals surface area contributed by atoms with Crippen LogP contribution in [-0.4, -0.2) is 16.9 Å². The van der Waals surface area contributed by atoms with Gasteiger partial charge in [-0.3, -0.25) is 4.79 Å². The Balaban J connectivity index is 2.05. The van der Waals surface area contributed by atoms with Gasteiger partial charge in [0.15, 0.2) is 0 Å². The number of rotatable bonds is 5. The zero-order valence-electron chi connectivity index (χ0n) is 11.9. The number of carbonyl (C=O) groups is 1. The van der Waals surface area contributed by atoms with Gasteiger partial charge < -0.3 is 10.6 Å². The van der Waals surface area contributed by atoms with Crippen molar-refractivity contribution < 1.29 is 4.79 Å². The molecular weight excluding hydrogens is 270 g/mol. The zero-order valence-corrected chi connectivity index (χ0v) is 12.8. The molecule has 0 unspecified atom stereocenters. The van der Waals surface area contributed by atoms with E-state index >= 15 is 0 Å². The topological polar surface area (TPSA) is 54.0 Å². The van der Waals surface area contributed by atoms with E-state index in [9.17, 15) is 4.79 Å². The van der Waals surface area contributed by atoms with E-state index in [1.165, 1.54) is 0 Å². The van der Waals surface area contributed by atoms with Gasteiger partial charge in [0.1, 0.15) is 5.01 Å². The fourth-order valence-electron chi connectivity index (χ4n) is 1.85. The first-order chi connectivity index (χ1) is 9.56. The molecule has 0 fully saturated rings. The van der Waals surface area contributed by atoms with Crippen molar-refractivity contribution in [2.45, 2.75) is 33.4 Å². The highest BCUT2D eigenvalue weighted by Gasteiger charge is 2.11. The molecule has 4 nitrogen and oxygen atoms in total. The number of nitrogens with one attached hydrogen (secondary N) is 2. The minimum atomic E-state index is -0.0818. The van der Waals surface area contributed by atoms with E-state index in [0.717, 1.165) is 16.4 Å². The molecule has 0 spiro atoms. The average Bonchev–Trinajstić information content (AvgIpc) is 2.82. The van der Waals surface area contributed by atoms with Crippen LogP contribution >= 0.6 is 11.3 Å².